The number of esters is 1. The molecule has 3 aliphatic rings. The van der Waals surface area contributed by atoms with Gasteiger partial charge >= 0.3 is 12.1 Å². The summed E-state index contributed by atoms with van der Waals surface area (Å²) in [6, 6.07) is 10.9. The Kier molecular flexibility index (Phi) is 15.7. The molecule has 2 fully saturated rings. The molecule has 15 nitrogen and oxygen atoms in total. The summed E-state index contributed by atoms with van der Waals surface area (Å²) in [6.45, 7) is 2.23. The number of aromatic nitrogens is 1. The van der Waals surface area contributed by atoms with E-state index in [1.54, 1.807) is 11.1 Å². The van der Waals surface area contributed by atoms with Gasteiger partial charge in [0, 0.05) is 36.0 Å². The smallest absolute Gasteiger partial charge is 0.410 e. The molecule has 2 atom stereocenters. The van der Waals surface area contributed by atoms with Crippen molar-refractivity contribution in [2.45, 2.75) is 83.0 Å². The molecule has 3 aromatic rings. The second-order valence-corrected chi connectivity index (χ2v) is 15.0. The maximum absolute atomic E-state index is 15.1. The predicted octanol–water partition coefficient (Wildman–Crippen LogP) is 6.62. The molecule has 2 amide bonds. The van der Waals surface area contributed by atoms with Gasteiger partial charge in [0.1, 0.15) is 24.1 Å². The molecule has 6 rings (SSSR count). The maximum atomic E-state index is 15.1. The van der Waals surface area contributed by atoms with Crippen LogP contribution in [0.25, 0.3) is 5.57 Å². The zero-order valence-corrected chi connectivity index (χ0v) is 34.2. The van der Waals surface area contributed by atoms with E-state index < -0.39 is 40.2 Å². The van der Waals surface area contributed by atoms with Crippen LogP contribution in [0.1, 0.15) is 67.2 Å². The number of methoxy groups -OCH3 is 1. The molecule has 1 saturated heterocycles. The van der Waals surface area contributed by atoms with Gasteiger partial charge in [-0.3, -0.25) is 24.9 Å². The normalized spacial score (nSPS) is 17.2. The first-order valence-corrected chi connectivity index (χ1v) is 20.2. The number of amides is 2. The zero-order valence-electron chi connectivity index (χ0n) is 33.4. The SMILES string of the molecule is COC(=O)CCOc1nccc(CN(C(=O)C2=C(c3ccc(CCCOc4c(F)ccc(F)c4Cl)cc3)CC3CCC2N3C(=O)OCCOCCON(O)O)C2CC2)c1C. The van der Waals surface area contributed by atoms with Crippen LogP contribution in [0.4, 0.5) is 13.6 Å². The fourth-order valence-electron chi connectivity index (χ4n) is 7.54. The van der Waals surface area contributed by atoms with E-state index in [1.807, 2.05) is 42.2 Å². The molecule has 2 N–H and O–H groups in total. The average Bonchev–Trinajstić information content (AvgIpc) is 4.03. The number of hydrogen-bond acceptors (Lipinski definition) is 13. The van der Waals surface area contributed by atoms with Gasteiger partial charge in [0.15, 0.2) is 11.6 Å². The standard InChI is InChI=1S/C42H49ClF2N4O11/c1-26-29(15-17-46-40(26)58-19-16-36(50)55-2)25-47(30-9-10-30)41(51)37-32(24-31-11-14-35(37)48(31)42(52)59-22-20-56-21-23-60-49(53)54)28-7-5-27(6-8-28)4-3-18-57-39-34(45)13-12-33(44)38(39)43/h5-8,12-13,15,17,30-31,35,53-54H,3-4,9-11,14,16,18-25H2,1-2H3. The van der Waals surface area contributed by atoms with Crippen LogP contribution in [-0.4, -0.2) is 113 Å². The molecule has 1 aliphatic carbocycles. The van der Waals surface area contributed by atoms with E-state index in [0.29, 0.717) is 43.6 Å². The summed E-state index contributed by atoms with van der Waals surface area (Å²) in [5.74, 6) is -2.03. The van der Waals surface area contributed by atoms with Crippen molar-refractivity contribution in [2.24, 2.45) is 0 Å². The maximum Gasteiger partial charge on any atom is 0.410 e. The minimum absolute atomic E-state index is 0.00718. The Hall–Kier alpha value is -4.91. The zero-order chi connectivity index (χ0) is 42.8. The van der Waals surface area contributed by atoms with Gasteiger partial charge in [-0.2, -0.15) is 0 Å². The van der Waals surface area contributed by atoms with Crippen molar-refractivity contribution < 1.29 is 62.1 Å². The van der Waals surface area contributed by atoms with Gasteiger partial charge in [-0.15, -0.1) is 0 Å². The van der Waals surface area contributed by atoms with Gasteiger partial charge in [0.05, 0.1) is 51.4 Å². The lowest BCUT2D eigenvalue weighted by atomic mass is 9.87. The third-order valence-electron chi connectivity index (χ3n) is 10.7. The lowest BCUT2D eigenvalue weighted by Gasteiger charge is -2.38. The molecule has 0 spiro atoms. The van der Waals surface area contributed by atoms with Gasteiger partial charge < -0.3 is 28.6 Å². The van der Waals surface area contributed by atoms with E-state index in [9.17, 15) is 18.4 Å². The highest BCUT2D eigenvalue weighted by atomic mass is 35.5. The Morgan fingerprint density at radius 2 is 1.67 bits per heavy atom. The van der Waals surface area contributed by atoms with Gasteiger partial charge in [-0.1, -0.05) is 35.9 Å². The number of carbonyl (C=O) groups is 3. The molecule has 60 heavy (non-hydrogen) atoms. The summed E-state index contributed by atoms with van der Waals surface area (Å²) >= 11 is 5.90. The fourth-order valence-corrected chi connectivity index (χ4v) is 7.74. The number of pyridine rings is 1. The van der Waals surface area contributed by atoms with E-state index >= 15 is 4.79 Å². The largest absolute Gasteiger partial charge is 0.489 e. The topological polar surface area (TPSA) is 170 Å². The van der Waals surface area contributed by atoms with Crippen molar-refractivity contribution in [3.05, 3.63) is 93.1 Å². The molecule has 3 heterocycles. The molecule has 1 saturated carbocycles. The molecule has 2 aromatic carbocycles. The molecule has 1 aromatic heterocycles. The van der Waals surface area contributed by atoms with E-state index in [0.717, 1.165) is 52.8 Å². The Labute approximate surface area is 351 Å². The van der Waals surface area contributed by atoms with Crippen molar-refractivity contribution >= 4 is 35.1 Å². The first-order valence-electron chi connectivity index (χ1n) is 19.8. The van der Waals surface area contributed by atoms with Gasteiger partial charge in [0.2, 0.25) is 5.88 Å². The van der Waals surface area contributed by atoms with E-state index in [4.69, 9.17) is 45.7 Å². The molecule has 18 heteroatoms. The third-order valence-corrected chi connectivity index (χ3v) is 11.1. The number of fused-ring (bicyclic) bond motifs is 2. The highest BCUT2D eigenvalue weighted by Gasteiger charge is 2.49. The number of benzene rings is 2. The molecule has 0 radical (unpaired) electrons. The Balaban J connectivity index is 1.21. The quantitative estimate of drug-likeness (QED) is 0.0508. The van der Waals surface area contributed by atoms with Gasteiger partial charge in [-0.25, -0.2) is 23.4 Å². The van der Waals surface area contributed by atoms with E-state index in [1.165, 1.54) is 7.11 Å². The van der Waals surface area contributed by atoms with Crippen LogP contribution >= 0.6 is 11.6 Å². The molecular weight excluding hydrogens is 810 g/mol. The van der Waals surface area contributed by atoms with Crippen LogP contribution in [0.3, 0.4) is 0 Å². The minimum Gasteiger partial charge on any atom is -0.489 e. The lowest BCUT2D eigenvalue weighted by molar-refractivity contribution is -0.493. The fraction of sp³-hybridized carbons (Fsp3) is 0.476. The highest BCUT2D eigenvalue weighted by Crippen LogP contribution is 2.45. The summed E-state index contributed by atoms with van der Waals surface area (Å²) in [6.07, 6.45) is 5.52. The number of carbonyl (C=O) groups excluding carboxylic acids is 3. The Morgan fingerprint density at radius 3 is 2.40 bits per heavy atom. The van der Waals surface area contributed by atoms with Gasteiger partial charge in [-0.05, 0) is 92.3 Å². The van der Waals surface area contributed by atoms with Crippen molar-refractivity contribution in [3.8, 4) is 11.6 Å². The lowest BCUT2D eigenvalue weighted by Crippen LogP contribution is -2.49. The Morgan fingerprint density at radius 1 is 0.917 bits per heavy atom. The second-order valence-electron chi connectivity index (χ2n) is 14.6. The predicted molar refractivity (Wildman–Crippen MR) is 210 cm³/mol. The summed E-state index contributed by atoms with van der Waals surface area (Å²) in [4.78, 5) is 52.8. The molecule has 324 valence electrons. The van der Waals surface area contributed by atoms with Crippen molar-refractivity contribution in [2.75, 3.05) is 46.8 Å². The first-order chi connectivity index (χ1) is 29.0. The summed E-state index contributed by atoms with van der Waals surface area (Å²) in [5.41, 5.74) is 4.81. The number of hydrogen-bond donors (Lipinski definition) is 2. The number of aryl methyl sites for hydroxylation is 1. The summed E-state index contributed by atoms with van der Waals surface area (Å²) < 4.78 is 55.0. The molecular formula is C42H49ClF2N4O11. The van der Waals surface area contributed by atoms with Crippen LogP contribution in [0.15, 0.2) is 54.2 Å². The van der Waals surface area contributed by atoms with Crippen LogP contribution < -0.4 is 9.47 Å². The number of ether oxygens (including phenoxy) is 5. The van der Waals surface area contributed by atoms with Crippen molar-refractivity contribution in [1.29, 1.82) is 0 Å². The minimum atomic E-state index is -0.763. The summed E-state index contributed by atoms with van der Waals surface area (Å²) in [5, 5.41) is 16.5. The van der Waals surface area contributed by atoms with Gasteiger partial charge in [0.25, 0.3) is 5.91 Å². The van der Waals surface area contributed by atoms with Crippen LogP contribution in [-0.2, 0) is 41.6 Å². The van der Waals surface area contributed by atoms with E-state index in [-0.39, 0.29) is 76.3 Å². The number of halogens is 3. The van der Waals surface area contributed by atoms with Crippen LogP contribution in [0, 0.1) is 18.6 Å². The van der Waals surface area contributed by atoms with Crippen LogP contribution in [0.5, 0.6) is 11.6 Å². The third kappa shape index (κ3) is 11.3. The molecule has 2 aliphatic heterocycles. The average molecular weight is 859 g/mol. The molecule has 2 unspecified atom stereocenters. The Bertz CT molecular complexity index is 2020. The monoisotopic (exact) mass is 858 g/mol. The highest BCUT2D eigenvalue weighted by molar-refractivity contribution is 6.32. The van der Waals surface area contributed by atoms with Crippen molar-refractivity contribution in [3.63, 3.8) is 0 Å². The number of rotatable bonds is 21. The van der Waals surface area contributed by atoms with Crippen molar-refractivity contribution in [1.82, 2.24) is 20.2 Å². The van der Waals surface area contributed by atoms with E-state index in [2.05, 4.69) is 9.82 Å². The second kappa shape index (κ2) is 21.1. The number of nitrogens with zero attached hydrogens (tertiary/aromatic N) is 4. The molecule has 2 bridgehead atoms. The first kappa shape index (κ1) is 44.6. The van der Waals surface area contributed by atoms with Crippen LogP contribution in [0.2, 0.25) is 5.02 Å². The summed E-state index contributed by atoms with van der Waals surface area (Å²) in [7, 11) is 1.31.